The maximum Gasteiger partial charge on any atom is 0.179 e. The highest BCUT2D eigenvalue weighted by molar-refractivity contribution is 6.76. The number of aliphatic hydroxyl groups is 1. The lowest BCUT2D eigenvalue weighted by Crippen LogP contribution is -2.59. The van der Waals surface area contributed by atoms with Crippen molar-refractivity contribution in [1.29, 1.82) is 0 Å². The second kappa shape index (κ2) is 4.30. The third-order valence-electron chi connectivity index (χ3n) is 3.21. The zero-order chi connectivity index (χ0) is 14.4. The van der Waals surface area contributed by atoms with Gasteiger partial charge in [0, 0.05) is 14.6 Å². The lowest BCUT2D eigenvalue weighted by molar-refractivity contribution is -0.120. The Hall–Kier alpha value is -0.423. The van der Waals surface area contributed by atoms with E-state index in [4.69, 9.17) is 0 Å². The highest BCUT2D eigenvalue weighted by Gasteiger charge is 2.55. The molecule has 5 heteroatoms. The molecule has 18 heavy (non-hydrogen) atoms. The summed E-state index contributed by atoms with van der Waals surface area (Å²) in [4.78, 5) is 0. The average molecular weight is 271 g/mol. The fraction of sp³-hybridized carbons (Fsp3) is 1.00. The highest BCUT2D eigenvalue weighted by Crippen LogP contribution is 2.43. The summed E-state index contributed by atoms with van der Waals surface area (Å²) < 4.78 is 0. The molecule has 0 saturated heterocycles. The zero-order valence-corrected chi connectivity index (χ0v) is 14.2. The lowest BCUT2D eigenvalue weighted by atomic mass is 9.90. The van der Waals surface area contributed by atoms with Crippen LogP contribution in [0.5, 0.6) is 0 Å². The van der Waals surface area contributed by atoms with Gasteiger partial charge in [-0.3, -0.25) is 0 Å². The number of rotatable bonds is 3. The van der Waals surface area contributed by atoms with Crippen LogP contribution in [0, 0.1) is 5.41 Å². The van der Waals surface area contributed by atoms with Crippen molar-refractivity contribution in [2.24, 2.45) is 15.8 Å². The summed E-state index contributed by atoms with van der Waals surface area (Å²) in [5, 5.41) is 21.5. The van der Waals surface area contributed by atoms with Crippen molar-refractivity contribution in [1.82, 2.24) is 5.01 Å². The molecule has 0 fully saturated rings. The molecule has 106 valence electrons. The number of hydrogen-bond acceptors (Lipinski definition) is 4. The van der Waals surface area contributed by atoms with E-state index < -0.39 is 19.3 Å². The van der Waals surface area contributed by atoms with Crippen molar-refractivity contribution >= 4 is 8.07 Å². The standard InChI is InChI=1S/C13H29N3OSi/c1-11(2,3)9-16-13(17,10-18(6,7)8)12(4,5)14-15-16/h17H,9-10H2,1-8H3. The van der Waals surface area contributed by atoms with E-state index in [1.807, 2.05) is 18.9 Å². The predicted molar refractivity (Wildman–Crippen MR) is 78.2 cm³/mol. The molecule has 1 unspecified atom stereocenters. The quantitative estimate of drug-likeness (QED) is 0.798. The van der Waals surface area contributed by atoms with Crippen LogP contribution in [0.4, 0.5) is 0 Å². The molecule has 0 amide bonds. The van der Waals surface area contributed by atoms with Crippen molar-refractivity contribution in [3.63, 3.8) is 0 Å². The first-order chi connectivity index (χ1) is 7.77. The minimum atomic E-state index is -1.41. The summed E-state index contributed by atoms with van der Waals surface area (Å²) in [7, 11) is -1.41. The van der Waals surface area contributed by atoms with Gasteiger partial charge >= 0.3 is 0 Å². The van der Waals surface area contributed by atoms with Gasteiger partial charge in [-0.2, -0.15) is 5.11 Å². The molecule has 0 radical (unpaired) electrons. The molecule has 1 rings (SSSR count). The van der Waals surface area contributed by atoms with Crippen LogP contribution in [-0.4, -0.2) is 36.0 Å². The zero-order valence-electron chi connectivity index (χ0n) is 13.2. The van der Waals surface area contributed by atoms with Crippen LogP contribution >= 0.6 is 0 Å². The van der Waals surface area contributed by atoms with E-state index in [0.717, 1.165) is 12.6 Å². The summed E-state index contributed by atoms with van der Waals surface area (Å²) in [6.45, 7) is 18.0. The van der Waals surface area contributed by atoms with Crippen LogP contribution in [0.3, 0.4) is 0 Å². The van der Waals surface area contributed by atoms with E-state index in [1.165, 1.54) is 0 Å². The van der Waals surface area contributed by atoms with E-state index in [1.54, 1.807) is 0 Å². The van der Waals surface area contributed by atoms with E-state index in [2.05, 4.69) is 50.7 Å². The molecule has 4 nitrogen and oxygen atoms in total. The molecule has 1 aliphatic heterocycles. The Morgan fingerprint density at radius 2 is 1.67 bits per heavy atom. The molecule has 0 spiro atoms. The van der Waals surface area contributed by atoms with Crippen LogP contribution in [0.15, 0.2) is 10.3 Å². The van der Waals surface area contributed by atoms with Gasteiger partial charge < -0.3 is 5.11 Å². The van der Waals surface area contributed by atoms with E-state index >= 15 is 0 Å². The van der Waals surface area contributed by atoms with E-state index in [9.17, 15) is 5.11 Å². The fourth-order valence-electron chi connectivity index (χ4n) is 2.29. The molecule has 1 atom stereocenters. The molecule has 0 saturated carbocycles. The smallest absolute Gasteiger partial charge is 0.179 e. The average Bonchev–Trinajstić information content (AvgIpc) is 2.23. The molecule has 0 bridgehead atoms. The van der Waals surface area contributed by atoms with Crippen LogP contribution in [0.25, 0.3) is 0 Å². The molecule has 1 N–H and O–H groups in total. The van der Waals surface area contributed by atoms with E-state index in [-0.39, 0.29) is 5.41 Å². The normalized spacial score (nSPS) is 27.9. The molecule has 0 aromatic rings. The summed E-state index contributed by atoms with van der Waals surface area (Å²) >= 11 is 0. The van der Waals surface area contributed by atoms with Crippen molar-refractivity contribution in [3.8, 4) is 0 Å². The third-order valence-corrected chi connectivity index (χ3v) is 4.76. The maximum atomic E-state index is 11.2. The first-order valence-electron chi connectivity index (χ1n) is 6.70. The predicted octanol–water partition coefficient (Wildman–Crippen LogP) is 3.52. The van der Waals surface area contributed by atoms with Gasteiger partial charge in [0.1, 0.15) is 5.54 Å². The Kier molecular flexibility index (Phi) is 3.74. The second-order valence-corrected chi connectivity index (χ2v) is 13.9. The Morgan fingerprint density at radius 1 is 1.17 bits per heavy atom. The molecule has 0 aromatic heterocycles. The first kappa shape index (κ1) is 15.6. The Labute approximate surface area is 112 Å². The largest absolute Gasteiger partial charge is 0.367 e. The van der Waals surface area contributed by atoms with Gasteiger partial charge in [0.25, 0.3) is 0 Å². The van der Waals surface area contributed by atoms with Crippen molar-refractivity contribution in [2.75, 3.05) is 6.54 Å². The third kappa shape index (κ3) is 3.32. The SMILES string of the molecule is CC(C)(C)CN1N=NC(C)(C)C1(O)C[Si](C)(C)C. The summed E-state index contributed by atoms with van der Waals surface area (Å²) in [6.07, 6.45) is 0. The van der Waals surface area contributed by atoms with Gasteiger partial charge in [0.05, 0.1) is 0 Å². The summed E-state index contributed by atoms with van der Waals surface area (Å²) in [6, 6.07) is 0.788. The van der Waals surface area contributed by atoms with Crippen molar-refractivity contribution in [3.05, 3.63) is 0 Å². The molecule has 1 heterocycles. The van der Waals surface area contributed by atoms with Crippen LogP contribution in [0.2, 0.25) is 25.7 Å². The van der Waals surface area contributed by atoms with Crippen molar-refractivity contribution < 1.29 is 5.11 Å². The van der Waals surface area contributed by atoms with Gasteiger partial charge in [-0.15, -0.1) is 0 Å². The molecular weight excluding hydrogens is 242 g/mol. The Morgan fingerprint density at radius 3 is 2.06 bits per heavy atom. The van der Waals surface area contributed by atoms with Crippen LogP contribution in [0.1, 0.15) is 34.6 Å². The lowest BCUT2D eigenvalue weighted by Gasteiger charge is -2.44. The van der Waals surface area contributed by atoms with Gasteiger partial charge in [-0.25, -0.2) is 5.01 Å². The fourth-order valence-corrected chi connectivity index (χ4v) is 4.39. The highest BCUT2D eigenvalue weighted by atomic mass is 28.3. The topological polar surface area (TPSA) is 48.2 Å². The van der Waals surface area contributed by atoms with Crippen molar-refractivity contribution in [2.45, 2.75) is 71.6 Å². The number of nitrogens with zero attached hydrogens (tertiary/aromatic N) is 3. The van der Waals surface area contributed by atoms with Gasteiger partial charge in [0.15, 0.2) is 5.72 Å². The maximum absolute atomic E-state index is 11.2. The van der Waals surface area contributed by atoms with Gasteiger partial charge in [-0.1, -0.05) is 45.6 Å². The van der Waals surface area contributed by atoms with Crippen LogP contribution < -0.4 is 0 Å². The molecular formula is C13H29N3OSi. The Bertz CT molecular complexity index is 341. The number of hydrogen-bond donors (Lipinski definition) is 1. The molecule has 0 aliphatic carbocycles. The van der Waals surface area contributed by atoms with Gasteiger partial charge in [-0.05, 0) is 25.3 Å². The Balaban J connectivity index is 3.02. The molecule has 1 aliphatic rings. The minimum absolute atomic E-state index is 0.0901. The second-order valence-electron chi connectivity index (χ2n) is 8.42. The van der Waals surface area contributed by atoms with Crippen LogP contribution in [-0.2, 0) is 0 Å². The summed E-state index contributed by atoms with van der Waals surface area (Å²) in [5.41, 5.74) is -1.38. The minimum Gasteiger partial charge on any atom is -0.367 e. The first-order valence-corrected chi connectivity index (χ1v) is 10.4. The molecule has 0 aromatic carbocycles. The van der Waals surface area contributed by atoms with Gasteiger partial charge in [0.2, 0.25) is 0 Å². The monoisotopic (exact) mass is 271 g/mol. The van der Waals surface area contributed by atoms with E-state index in [0.29, 0.717) is 0 Å². The summed E-state index contributed by atoms with van der Waals surface area (Å²) in [5.74, 6) is 0.